The minimum atomic E-state index is 0.724. The number of methoxy groups -OCH3 is 1. The maximum Gasteiger partial charge on any atom is 0.153 e. The Morgan fingerprint density at radius 2 is 1.76 bits per heavy atom. The predicted octanol–water partition coefficient (Wildman–Crippen LogP) is 4.69. The van der Waals surface area contributed by atoms with Gasteiger partial charge in [-0.25, -0.2) is 4.98 Å². The number of aromatic nitrogens is 3. The van der Waals surface area contributed by atoms with Crippen LogP contribution in [-0.4, -0.2) is 22.3 Å². The third-order valence-corrected chi connectivity index (χ3v) is 4.06. The number of fused-ring (bicyclic) bond motifs is 1. The molecule has 0 saturated heterocycles. The van der Waals surface area contributed by atoms with Crippen LogP contribution in [0.5, 0.6) is 5.75 Å². The van der Waals surface area contributed by atoms with Crippen LogP contribution in [0.1, 0.15) is 5.69 Å². The van der Waals surface area contributed by atoms with E-state index in [1.807, 2.05) is 49.4 Å². The molecule has 25 heavy (non-hydrogen) atoms. The summed E-state index contributed by atoms with van der Waals surface area (Å²) in [5.41, 5.74) is 2.96. The lowest BCUT2D eigenvalue weighted by atomic mass is 10.0. The molecule has 0 radical (unpaired) electrons. The Kier molecular flexibility index (Phi) is 3.82. The topological polar surface area (TPSA) is 62.8 Å². The van der Waals surface area contributed by atoms with Gasteiger partial charge in [0.15, 0.2) is 5.82 Å². The van der Waals surface area contributed by atoms with Crippen LogP contribution in [0.3, 0.4) is 0 Å². The number of benzene rings is 2. The van der Waals surface area contributed by atoms with Crippen molar-refractivity contribution in [3.8, 4) is 17.0 Å². The molecule has 0 aliphatic carbocycles. The van der Waals surface area contributed by atoms with Gasteiger partial charge in [0.1, 0.15) is 11.6 Å². The summed E-state index contributed by atoms with van der Waals surface area (Å²) >= 11 is 0. The van der Waals surface area contributed by atoms with Crippen molar-refractivity contribution in [3.05, 3.63) is 66.4 Å². The second kappa shape index (κ2) is 6.28. The molecule has 0 fully saturated rings. The summed E-state index contributed by atoms with van der Waals surface area (Å²) in [5, 5.41) is 12.5. The quantitative estimate of drug-likeness (QED) is 0.570. The number of aromatic amines is 1. The van der Waals surface area contributed by atoms with Crippen LogP contribution in [0.25, 0.3) is 22.0 Å². The van der Waals surface area contributed by atoms with Crippen molar-refractivity contribution >= 4 is 22.4 Å². The van der Waals surface area contributed by atoms with Gasteiger partial charge in [-0.1, -0.05) is 42.5 Å². The average molecular weight is 330 g/mol. The number of aryl methyl sites for hydroxylation is 1. The normalized spacial score (nSPS) is 10.8. The Morgan fingerprint density at radius 3 is 2.48 bits per heavy atom. The first-order valence-corrected chi connectivity index (χ1v) is 8.07. The highest BCUT2D eigenvalue weighted by Crippen LogP contribution is 2.34. The number of rotatable bonds is 4. The molecule has 0 bridgehead atoms. The molecule has 124 valence electrons. The van der Waals surface area contributed by atoms with Gasteiger partial charge in [0, 0.05) is 28.1 Å². The average Bonchev–Trinajstić information content (AvgIpc) is 3.06. The van der Waals surface area contributed by atoms with Gasteiger partial charge in [0.25, 0.3) is 0 Å². The fourth-order valence-electron chi connectivity index (χ4n) is 2.92. The van der Waals surface area contributed by atoms with Crippen molar-refractivity contribution in [1.29, 1.82) is 0 Å². The molecule has 0 unspecified atom stereocenters. The standard InChI is InChI=1S/C20H18N4O/c1-13-11-19(24-23-13)21-18-12-16-15(9-6-10-17(16)25-2)20(22-18)14-7-4-3-5-8-14/h3-12H,1-2H3,(H2,21,22,23,24). The Bertz CT molecular complexity index is 1020. The maximum absolute atomic E-state index is 5.55. The minimum Gasteiger partial charge on any atom is -0.496 e. The predicted molar refractivity (Wildman–Crippen MR) is 100 cm³/mol. The molecule has 2 aromatic heterocycles. The highest BCUT2D eigenvalue weighted by molar-refractivity contribution is 5.99. The molecule has 2 N–H and O–H groups in total. The van der Waals surface area contributed by atoms with E-state index in [1.165, 1.54) is 0 Å². The highest BCUT2D eigenvalue weighted by atomic mass is 16.5. The van der Waals surface area contributed by atoms with Gasteiger partial charge in [-0.2, -0.15) is 5.10 Å². The molecule has 0 saturated carbocycles. The SMILES string of the molecule is COc1cccc2c(-c3ccccc3)nc(Nc3cc(C)[nH]n3)cc12. The summed E-state index contributed by atoms with van der Waals surface area (Å²) in [6.07, 6.45) is 0. The van der Waals surface area contributed by atoms with Crippen molar-refractivity contribution < 1.29 is 4.74 Å². The van der Waals surface area contributed by atoms with Crippen molar-refractivity contribution in [2.24, 2.45) is 0 Å². The van der Waals surface area contributed by atoms with Crippen molar-refractivity contribution in [2.75, 3.05) is 12.4 Å². The van der Waals surface area contributed by atoms with E-state index in [-0.39, 0.29) is 0 Å². The zero-order chi connectivity index (χ0) is 17.2. The van der Waals surface area contributed by atoms with Crippen LogP contribution in [0, 0.1) is 6.92 Å². The van der Waals surface area contributed by atoms with E-state index >= 15 is 0 Å². The first-order chi connectivity index (χ1) is 12.2. The summed E-state index contributed by atoms with van der Waals surface area (Å²) in [6.45, 7) is 1.96. The Balaban J connectivity index is 1.92. The fourth-order valence-corrected chi connectivity index (χ4v) is 2.92. The van der Waals surface area contributed by atoms with E-state index in [0.717, 1.165) is 45.1 Å². The Hall–Kier alpha value is -3.34. The van der Waals surface area contributed by atoms with Crippen LogP contribution >= 0.6 is 0 Å². The van der Waals surface area contributed by atoms with Gasteiger partial charge >= 0.3 is 0 Å². The molecular weight excluding hydrogens is 312 g/mol. The molecule has 2 aromatic carbocycles. The third kappa shape index (κ3) is 2.92. The molecule has 0 aliphatic heterocycles. The zero-order valence-corrected chi connectivity index (χ0v) is 14.1. The van der Waals surface area contributed by atoms with Gasteiger partial charge in [-0.05, 0) is 19.1 Å². The Labute approximate surface area is 145 Å². The monoisotopic (exact) mass is 330 g/mol. The van der Waals surface area contributed by atoms with Crippen molar-refractivity contribution in [3.63, 3.8) is 0 Å². The Morgan fingerprint density at radius 1 is 0.920 bits per heavy atom. The molecule has 0 atom stereocenters. The molecule has 4 aromatic rings. The number of pyridine rings is 1. The van der Waals surface area contributed by atoms with E-state index in [1.54, 1.807) is 7.11 Å². The van der Waals surface area contributed by atoms with Gasteiger partial charge in [0.05, 0.1) is 12.8 Å². The van der Waals surface area contributed by atoms with Crippen molar-refractivity contribution in [2.45, 2.75) is 6.92 Å². The zero-order valence-electron chi connectivity index (χ0n) is 14.1. The molecular formula is C20H18N4O. The number of ether oxygens (including phenoxy) is 1. The van der Waals surface area contributed by atoms with Crippen LogP contribution in [0.4, 0.5) is 11.6 Å². The summed E-state index contributed by atoms with van der Waals surface area (Å²) in [6, 6.07) is 20.1. The van der Waals surface area contributed by atoms with Gasteiger partial charge in [0.2, 0.25) is 0 Å². The number of hydrogen-bond donors (Lipinski definition) is 2. The van der Waals surface area contributed by atoms with Crippen molar-refractivity contribution in [1.82, 2.24) is 15.2 Å². The largest absolute Gasteiger partial charge is 0.496 e. The fraction of sp³-hybridized carbons (Fsp3) is 0.100. The van der Waals surface area contributed by atoms with Crippen LogP contribution in [-0.2, 0) is 0 Å². The van der Waals surface area contributed by atoms with Crippen LogP contribution in [0.15, 0.2) is 60.7 Å². The summed E-state index contributed by atoms with van der Waals surface area (Å²) in [5.74, 6) is 2.28. The molecule has 2 heterocycles. The molecule has 4 rings (SSSR count). The molecule has 5 nitrogen and oxygen atoms in total. The third-order valence-electron chi connectivity index (χ3n) is 4.06. The molecule has 0 spiro atoms. The minimum absolute atomic E-state index is 0.724. The van der Waals surface area contributed by atoms with Gasteiger partial charge < -0.3 is 10.1 Å². The first kappa shape index (κ1) is 15.2. The number of nitrogens with one attached hydrogen (secondary N) is 2. The van der Waals surface area contributed by atoms with E-state index in [0.29, 0.717) is 0 Å². The summed E-state index contributed by atoms with van der Waals surface area (Å²) in [4.78, 5) is 4.83. The molecule has 0 amide bonds. The van der Waals surface area contributed by atoms with Crippen LogP contribution in [0.2, 0.25) is 0 Å². The van der Waals surface area contributed by atoms with Gasteiger partial charge in [-0.15, -0.1) is 0 Å². The van der Waals surface area contributed by atoms with E-state index in [2.05, 4.69) is 33.7 Å². The lowest BCUT2D eigenvalue weighted by Crippen LogP contribution is -1.97. The lowest BCUT2D eigenvalue weighted by Gasteiger charge is -2.12. The van der Waals surface area contributed by atoms with E-state index in [9.17, 15) is 0 Å². The smallest absolute Gasteiger partial charge is 0.153 e. The number of anilines is 2. The number of H-pyrrole nitrogens is 1. The number of nitrogens with zero attached hydrogens (tertiary/aromatic N) is 2. The van der Waals surface area contributed by atoms with Crippen LogP contribution < -0.4 is 10.1 Å². The maximum atomic E-state index is 5.55. The second-order valence-corrected chi connectivity index (χ2v) is 5.84. The summed E-state index contributed by atoms with van der Waals surface area (Å²) in [7, 11) is 1.68. The second-order valence-electron chi connectivity index (χ2n) is 5.84. The van der Waals surface area contributed by atoms with Gasteiger partial charge in [-0.3, -0.25) is 5.10 Å². The molecule has 0 aliphatic rings. The summed E-state index contributed by atoms with van der Waals surface area (Å²) < 4.78 is 5.55. The van der Waals surface area contributed by atoms with E-state index < -0.39 is 0 Å². The lowest BCUT2D eigenvalue weighted by molar-refractivity contribution is 0.420. The first-order valence-electron chi connectivity index (χ1n) is 8.07. The number of hydrogen-bond acceptors (Lipinski definition) is 4. The molecule has 5 heteroatoms. The van der Waals surface area contributed by atoms with E-state index in [4.69, 9.17) is 9.72 Å². The highest BCUT2D eigenvalue weighted by Gasteiger charge is 2.12.